The Morgan fingerprint density at radius 1 is 0.930 bits per heavy atom. The lowest BCUT2D eigenvalue weighted by atomic mass is 9.91. The van der Waals surface area contributed by atoms with Crippen molar-refractivity contribution >= 4 is 22.9 Å². The molecule has 2 aliphatic rings. The molecule has 6 rings (SSSR count). The molecule has 0 spiro atoms. The van der Waals surface area contributed by atoms with Crippen molar-refractivity contribution in [3.8, 4) is 0 Å². The van der Waals surface area contributed by atoms with Gasteiger partial charge in [0.05, 0.1) is 12.9 Å². The first kappa shape index (κ1) is 29.5. The monoisotopic (exact) mass is 587 g/mol. The standard InChI is InChI=1S/C32H41N7O4/c1-42-20-25-27(40)28(41)31(43-25)39-21-35-26-29(36-32(37-30(26)39)33-15-18-38-16-9-4-10-17-38)34-19-24(22-11-5-2-6-12-22)23-13-7-3-8-14-23/h2-3,5-8,11-14,21,24-25,27-28,31,40-41H,4,9-10,15-20H2,1H3,(H2,33,34,36,37)/t25-,27-,28-,31-/m1/s1. The number of fused-ring (bicyclic) bond motifs is 1. The molecular weight excluding hydrogens is 546 g/mol. The summed E-state index contributed by atoms with van der Waals surface area (Å²) < 4.78 is 12.9. The predicted molar refractivity (Wildman–Crippen MR) is 165 cm³/mol. The first-order chi connectivity index (χ1) is 21.1. The van der Waals surface area contributed by atoms with Crippen molar-refractivity contribution in [2.24, 2.45) is 0 Å². The molecule has 4 atom stereocenters. The zero-order chi connectivity index (χ0) is 29.6. The second-order valence-corrected chi connectivity index (χ2v) is 11.3. The van der Waals surface area contributed by atoms with E-state index in [2.05, 4.69) is 69.0 Å². The van der Waals surface area contributed by atoms with Gasteiger partial charge in [0.15, 0.2) is 23.2 Å². The number of anilines is 2. The van der Waals surface area contributed by atoms with Crippen LogP contribution in [0.15, 0.2) is 67.0 Å². The van der Waals surface area contributed by atoms with Crippen LogP contribution in [0, 0.1) is 0 Å². The molecule has 0 aliphatic carbocycles. The van der Waals surface area contributed by atoms with Gasteiger partial charge in [0.1, 0.15) is 18.3 Å². The second-order valence-electron chi connectivity index (χ2n) is 11.3. The van der Waals surface area contributed by atoms with E-state index in [-0.39, 0.29) is 12.5 Å². The summed E-state index contributed by atoms with van der Waals surface area (Å²) in [6.45, 7) is 4.58. The highest BCUT2D eigenvalue weighted by molar-refractivity contribution is 5.84. The molecule has 4 heterocycles. The van der Waals surface area contributed by atoms with Gasteiger partial charge in [-0.1, -0.05) is 67.1 Å². The fraction of sp³-hybridized carbons (Fsp3) is 0.469. The second kappa shape index (κ2) is 13.8. The summed E-state index contributed by atoms with van der Waals surface area (Å²) in [5, 5.41) is 28.5. The van der Waals surface area contributed by atoms with Crippen LogP contribution in [0.2, 0.25) is 0 Å². The number of hydrogen-bond donors (Lipinski definition) is 4. The highest BCUT2D eigenvalue weighted by Gasteiger charge is 2.44. The molecule has 0 unspecified atom stereocenters. The van der Waals surface area contributed by atoms with Crippen molar-refractivity contribution in [2.45, 2.75) is 49.7 Å². The third-order valence-electron chi connectivity index (χ3n) is 8.40. The first-order valence-corrected chi connectivity index (χ1v) is 15.2. The third-order valence-corrected chi connectivity index (χ3v) is 8.40. The van der Waals surface area contributed by atoms with Gasteiger partial charge in [-0.25, -0.2) is 4.98 Å². The molecule has 43 heavy (non-hydrogen) atoms. The number of imidazole rings is 1. The number of aromatic nitrogens is 4. The number of nitrogens with zero attached hydrogens (tertiary/aromatic N) is 5. The molecule has 0 saturated carbocycles. The number of likely N-dealkylation sites (tertiary alicyclic amines) is 1. The van der Waals surface area contributed by atoms with Crippen LogP contribution in [0.3, 0.4) is 0 Å². The van der Waals surface area contributed by atoms with Crippen LogP contribution in [-0.4, -0.2) is 99.4 Å². The van der Waals surface area contributed by atoms with E-state index in [1.807, 2.05) is 12.1 Å². The van der Waals surface area contributed by atoms with E-state index >= 15 is 0 Å². The van der Waals surface area contributed by atoms with Crippen LogP contribution in [0.5, 0.6) is 0 Å². The number of rotatable bonds is 12. The van der Waals surface area contributed by atoms with Crippen molar-refractivity contribution in [2.75, 3.05) is 57.1 Å². The number of nitrogens with one attached hydrogen (secondary N) is 2. The van der Waals surface area contributed by atoms with Gasteiger partial charge in [0.2, 0.25) is 5.95 Å². The minimum Gasteiger partial charge on any atom is -0.387 e. The van der Waals surface area contributed by atoms with Gasteiger partial charge >= 0.3 is 0 Å². The minimum atomic E-state index is -1.17. The van der Waals surface area contributed by atoms with E-state index in [0.717, 1.165) is 19.6 Å². The molecule has 2 aromatic carbocycles. The molecule has 11 heteroatoms. The Bertz CT molecular complexity index is 1410. The third kappa shape index (κ3) is 6.66. The van der Waals surface area contributed by atoms with Crippen LogP contribution >= 0.6 is 0 Å². The number of ether oxygens (including phenoxy) is 2. The molecular formula is C32H41N7O4. The number of benzene rings is 2. The summed E-state index contributed by atoms with van der Waals surface area (Å²) in [6.07, 6.45) is 1.56. The molecule has 0 amide bonds. The van der Waals surface area contributed by atoms with Crippen molar-refractivity contribution in [3.05, 3.63) is 78.1 Å². The van der Waals surface area contributed by atoms with Gasteiger partial charge < -0.3 is 35.2 Å². The van der Waals surface area contributed by atoms with Crippen molar-refractivity contribution in [1.29, 1.82) is 0 Å². The van der Waals surface area contributed by atoms with Crippen LogP contribution in [0.25, 0.3) is 11.2 Å². The maximum Gasteiger partial charge on any atom is 0.226 e. The van der Waals surface area contributed by atoms with E-state index in [9.17, 15) is 10.2 Å². The molecule has 2 aliphatic heterocycles. The summed E-state index contributed by atoms with van der Waals surface area (Å²) in [5.41, 5.74) is 3.44. The molecule has 0 radical (unpaired) electrons. The average Bonchev–Trinajstić information content (AvgIpc) is 3.59. The van der Waals surface area contributed by atoms with Gasteiger partial charge in [-0.05, 0) is 37.1 Å². The lowest BCUT2D eigenvalue weighted by molar-refractivity contribution is -0.0580. The number of aliphatic hydroxyl groups excluding tert-OH is 2. The maximum absolute atomic E-state index is 10.9. The minimum absolute atomic E-state index is 0.0787. The molecule has 0 bridgehead atoms. The summed E-state index contributed by atoms with van der Waals surface area (Å²) in [5.74, 6) is 1.13. The Hall–Kier alpha value is -3.61. The van der Waals surface area contributed by atoms with Crippen LogP contribution in [-0.2, 0) is 9.47 Å². The number of hydrogen-bond acceptors (Lipinski definition) is 10. The van der Waals surface area contributed by atoms with Crippen molar-refractivity contribution in [1.82, 2.24) is 24.4 Å². The molecule has 11 nitrogen and oxygen atoms in total. The van der Waals surface area contributed by atoms with E-state index < -0.39 is 24.5 Å². The lowest BCUT2D eigenvalue weighted by Crippen LogP contribution is -2.34. The first-order valence-electron chi connectivity index (χ1n) is 15.2. The molecule has 2 saturated heterocycles. The average molecular weight is 588 g/mol. The summed E-state index contributed by atoms with van der Waals surface area (Å²) >= 11 is 0. The largest absolute Gasteiger partial charge is 0.387 e. The summed E-state index contributed by atoms with van der Waals surface area (Å²) in [7, 11) is 1.54. The normalized spacial score (nSPS) is 22.8. The highest BCUT2D eigenvalue weighted by Crippen LogP contribution is 2.33. The molecule has 4 N–H and O–H groups in total. The van der Waals surface area contributed by atoms with Crippen molar-refractivity contribution in [3.63, 3.8) is 0 Å². The van der Waals surface area contributed by atoms with E-state index in [1.54, 1.807) is 10.9 Å². The van der Waals surface area contributed by atoms with E-state index in [4.69, 9.17) is 19.4 Å². The number of piperidine rings is 1. The van der Waals surface area contributed by atoms with Crippen LogP contribution in [0.4, 0.5) is 11.8 Å². The fourth-order valence-electron chi connectivity index (χ4n) is 6.07. The van der Waals surface area contributed by atoms with E-state index in [1.165, 1.54) is 37.5 Å². The Morgan fingerprint density at radius 2 is 1.63 bits per heavy atom. The molecule has 4 aromatic rings. The lowest BCUT2D eigenvalue weighted by Gasteiger charge is -2.26. The highest BCUT2D eigenvalue weighted by atomic mass is 16.6. The SMILES string of the molecule is COC[C@H]1O[C@@H](n2cnc3c(NCC(c4ccccc4)c4ccccc4)nc(NCCN4CCCCC4)nc32)[C@H](O)[C@@H]1O. The Kier molecular flexibility index (Phi) is 9.45. The van der Waals surface area contributed by atoms with E-state index in [0.29, 0.717) is 36.0 Å². The Labute approximate surface area is 251 Å². The van der Waals surface area contributed by atoms with Crippen LogP contribution in [0.1, 0.15) is 42.5 Å². The zero-order valence-corrected chi connectivity index (χ0v) is 24.5. The van der Waals surface area contributed by atoms with Gasteiger partial charge in [-0.15, -0.1) is 0 Å². The molecule has 228 valence electrons. The number of methoxy groups -OCH3 is 1. The molecule has 2 aromatic heterocycles. The Balaban J connectivity index is 1.30. The van der Waals surface area contributed by atoms with Gasteiger partial charge in [-0.3, -0.25) is 4.57 Å². The number of aliphatic hydroxyl groups is 2. The quantitative estimate of drug-likeness (QED) is 0.196. The molecule has 2 fully saturated rings. The van der Waals surface area contributed by atoms with Crippen molar-refractivity contribution < 1.29 is 19.7 Å². The maximum atomic E-state index is 10.9. The van der Waals surface area contributed by atoms with Crippen LogP contribution < -0.4 is 10.6 Å². The fourth-order valence-corrected chi connectivity index (χ4v) is 6.07. The zero-order valence-electron chi connectivity index (χ0n) is 24.5. The van der Waals surface area contributed by atoms with Gasteiger partial charge in [0, 0.05) is 32.7 Å². The summed E-state index contributed by atoms with van der Waals surface area (Å²) in [4.78, 5) is 16.8. The topological polar surface area (TPSA) is 130 Å². The Morgan fingerprint density at radius 3 is 2.30 bits per heavy atom. The smallest absolute Gasteiger partial charge is 0.226 e. The predicted octanol–water partition coefficient (Wildman–Crippen LogP) is 3.23. The summed E-state index contributed by atoms with van der Waals surface area (Å²) in [6, 6.07) is 20.8. The van der Waals surface area contributed by atoms with Gasteiger partial charge in [0.25, 0.3) is 0 Å². The van der Waals surface area contributed by atoms with Gasteiger partial charge in [-0.2, -0.15) is 9.97 Å².